The summed E-state index contributed by atoms with van der Waals surface area (Å²) in [5, 5.41) is 8.12. The number of rotatable bonds is 7. The summed E-state index contributed by atoms with van der Waals surface area (Å²) in [6, 6.07) is 0.117. The molecule has 0 aliphatic rings. The number of hydrogen-bond acceptors (Lipinski definition) is 2. The average Bonchev–Trinajstić information content (AvgIpc) is 2.35. The fourth-order valence-corrected chi connectivity index (χ4v) is 1.29. The van der Waals surface area contributed by atoms with Crippen LogP contribution >= 0.6 is 24.0 Å². The maximum atomic E-state index is 12.0. The zero-order chi connectivity index (χ0) is 15.6. The van der Waals surface area contributed by atoms with Crippen molar-refractivity contribution in [2.24, 2.45) is 4.99 Å². The van der Waals surface area contributed by atoms with Crippen molar-refractivity contribution in [3.05, 3.63) is 0 Å². The Morgan fingerprint density at radius 2 is 1.81 bits per heavy atom. The predicted octanol–water partition coefficient (Wildman–Crippen LogP) is 2.03. The minimum absolute atomic E-state index is 0. The van der Waals surface area contributed by atoms with Gasteiger partial charge in [-0.1, -0.05) is 6.92 Å². The molecule has 9 heteroatoms. The number of hydrogen-bond donors (Lipinski definition) is 3. The third kappa shape index (κ3) is 14.0. The zero-order valence-corrected chi connectivity index (χ0v) is 14.8. The fraction of sp³-hybridized carbons (Fsp3) is 0.833. The lowest BCUT2D eigenvalue weighted by Crippen LogP contribution is -2.41. The van der Waals surface area contributed by atoms with Gasteiger partial charge in [-0.2, -0.15) is 13.2 Å². The number of carbonyl (C=O) groups is 1. The third-order valence-electron chi connectivity index (χ3n) is 2.59. The minimum Gasteiger partial charge on any atom is -0.356 e. The lowest BCUT2D eigenvalue weighted by atomic mass is 10.2. The Bertz CT molecular complexity index is 324. The van der Waals surface area contributed by atoms with E-state index in [1.54, 1.807) is 0 Å². The molecule has 0 aliphatic carbocycles. The quantitative estimate of drug-likeness (QED) is 0.333. The van der Waals surface area contributed by atoms with Gasteiger partial charge in [0.2, 0.25) is 5.91 Å². The van der Waals surface area contributed by atoms with Gasteiger partial charge in [-0.05, 0) is 13.3 Å². The van der Waals surface area contributed by atoms with Crippen molar-refractivity contribution in [2.75, 3.05) is 20.1 Å². The van der Waals surface area contributed by atoms with Crippen LogP contribution in [0.1, 0.15) is 33.1 Å². The number of carbonyl (C=O) groups excluding carboxylic acids is 1. The molecular formula is C12H24F3IN4O. The SMILES string of the molecule is CCC(C)NC(=O)CCNC(=NC)NCCC(F)(F)F.I. The lowest BCUT2D eigenvalue weighted by molar-refractivity contribution is -0.132. The molecule has 3 N–H and O–H groups in total. The zero-order valence-electron chi connectivity index (χ0n) is 12.5. The molecule has 0 spiro atoms. The highest BCUT2D eigenvalue weighted by atomic mass is 127. The maximum Gasteiger partial charge on any atom is 0.390 e. The second-order valence-electron chi connectivity index (χ2n) is 4.42. The van der Waals surface area contributed by atoms with Gasteiger partial charge in [0.15, 0.2) is 5.96 Å². The van der Waals surface area contributed by atoms with Gasteiger partial charge in [-0.3, -0.25) is 9.79 Å². The van der Waals surface area contributed by atoms with E-state index in [2.05, 4.69) is 20.9 Å². The molecule has 5 nitrogen and oxygen atoms in total. The highest BCUT2D eigenvalue weighted by Crippen LogP contribution is 2.17. The van der Waals surface area contributed by atoms with E-state index in [-0.39, 0.29) is 54.9 Å². The summed E-state index contributed by atoms with van der Waals surface area (Å²) in [7, 11) is 1.46. The molecule has 0 heterocycles. The Balaban J connectivity index is 0. The van der Waals surface area contributed by atoms with E-state index in [1.165, 1.54) is 7.05 Å². The third-order valence-corrected chi connectivity index (χ3v) is 2.59. The lowest BCUT2D eigenvalue weighted by Gasteiger charge is -2.14. The van der Waals surface area contributed by atoms with Crippen LogP contribution in [-0.2, 0) is 4.79 Å². The van der Waals surface area contributed by atoms with Gasteiger partial charge in [0.1, 0.15) is 0 Å². The largest absolute Gasteiger partial charge is 0.390 e. The molecule has 0 aromatic heterocycles. The van der Waals surface area contributed by atoms with Crippen molar-refractivity contribution < 1.29 is 18.0 Å². The number of alkyl halides is 3. The van der Waals surface area contributed by atoms with Crippen LogP contribution < -0.4 is 16.0 Å². The van der Waals surface area contributed by atoms with E-state index < -0.39 is 12.6 Å². The molecule has 0 fully saturated rings. The van der Waals surface area contributed by atoms with Crippen LogP contribution in [0, 0.1) is 0 Å². The van der Waals surface area contributed by atoms with Crippen molar-refractivity contribution >= 4 is 35.8 Å². The normalized spacial score (nSPS) is 13.1. The molecule has 1 amide bonds. The first-order valence-electron chi connectivity index (χ1n) is 6.59. The summed E-state index contributed by atoms with van der Waals surface area (Å²) in [6.45, 7) is 3.94. The Kier molecular flexibility index (Phi) is 12.7. The summed E-state index contributed by atoms with van der Waals surface area (Å²) >= 11 is 0. The van der Waals surface area contributed by atoms with Crippen LogP contribution in [0.4, 0.5) is 13.2 Å². The van der Waals surface area contributed by atoms with Crippen LogP contribution in [0.2, 0.25) is 0 Å². The van der Waals surface area contributed by atoms with Gasteiger partial charge < -0.3 is 16.0 Å². The summed E-state index contributed by atoms with van der Waals surface area (Å²) in [6.07, 6.45) is -4.03. The van der Waals surface area contributed by atoms with E-state index in [4.69, 9.17) is 0 Å². The highest BCUT2D eigenvalue weighted by Gasteiger charge is 2.26. The number of halogens is 4. The molecule has 0 radical (unpaired) electrons. The van der Waals surface area contributed by atoms with Crippen molar-refractivity contribution in [1.82, 2.24) is 16.0 Å². The number of guanidine groups is 1. The second-order valence-corrected chi connectivity index (χ2v) is 4.42. The molecule has 0 aromatic rings. The van der Waals surface area contributed by atoms with Crippen LogP contribution in [0.15, 0.2) is 4.99 Å². The van der Waals surface area contributed by atoms with Crippen LogP contribution in [-0.4, -0.2) is 44.2 Å². The molecule has 1 unspecified atom stereocenters. The molecule has 126 valence electrons. The molecule has 0 saturated heterocycles. The summed E-state index contributed by atoms with van der Waals surface area (Å²) < 4.78 is 35.9. The first kappa shape index (κ1) is 22.5. The second kappa shape index (κ2) is 11.9. The first-order valence-corrected chi connectivity index (χ1v) is 6.59. The Labute approximate surface area is 140 Å². The van der Waals surface area contributed by atoms with Gasteiger partial charge in [-0.25, -0.2) is 0 Å². The van der Waals surface area contributed by atoms with Gasteiger partial charge in [0.05, 0.1) is 6.42 Å². The van der Waals surface area contributed by atoms with Gasteiger partial charge >= 0.3 is 6.18 Å². The van der Waals surface area contributed by atoms with Gasteiger partial charge in [-0.15, -0.1) is 24.0 Å². The monoisotopic (exact) mass is 424 g/mol. The highest BCUT2D eigenvalue weighted by molar-refractivity contribution is 14.0. The molecule has 1 atom stereocenters. The van der Waals surface area contributed by atoms with Crippen molar-refractivity contribution in [3.63, 3.8) is 0 Å². The number of nitrogens with one attached hydrogen (secondary N) is 3. The standard InChI is InChI=1S/C12H23F3N4O.HI/c1-4-9(2)19-10(20)5-7-17-11(16-3)18-8-6-12(13,14)15;/h9H,4-8H2,1-3H3,(H,19,20)(H2,16,17,18);1H. The summed E-state index contributed by atoms with van der Waals surface area (Å²) in [5.41, 5.74) is 0. The van der Waals surface area contributed by atoms with Crippen molar-refractivity contribution in [3.8, 4) is 0 Å². The number of amides is 1. The van der Waals surface area contributed by atoms with Gasteiger partial charge in [0.25, 0.3) is 0 Å². The predicted molar refractivity (Wildman–Crippen MR) is 88.0 cm³/mol. The molecule has 0 saturated carbocycles. The molecule has 0 aromatic carbocycles. The Morgan fingerprint density at radius 3 is 2.29 bits per heavy atom. The fourth-order valence-electron chi connectivity index (χ4n) is 1.29. The van der Waals surface area contributed by atoms with E-state index >= 15 is 0 Å². The summed E-state index contributed by atoms with van der Waals surface area (Å²) in [5.74, 6) is 0.156. The van der Waals surface area contributed by atoms with Crippen molar-refractivity contribution in [2.45, 2.75) is 45.3 Å². The van der Waals surface area contributed by atoms with Gasteiger partial charge in [0, 0.05) is 32.6 Å². The molecular weight excluding hydrogens is 400 g/mol. The Morgan fingerprint density at radius 1 is 1.24 bits per heavy atom. The summed E-state index contributed by atoms with van der Waals surface area (Å²) in [4.78, 5) is 15.2. The van der Waals surface area contributed by atoms with Crippen LogP contribution in [0.3, 0.4) is 0 Å². The first-order chi connectivity index (χ1) is 9.28. The maximum absolute atomic E-state index is 12.0. The minimum atomic E-state index is -4.19. The smallest absolute Gasteiger partial charge is 0.356 e. The molecule has 21 heavy (non-hydrogen) atoms. The van der Waals surface area contributed by atoms with Crippen molar-refractivity contribution in [1.29, 1.82) is 0 Å². The van der Waals surface area contributed by atoms with E-state index in [0.717, 1.165) is 6.42 Å². The van der Waals surface area contributed by atoms with Crippen LogP contribution in [0.25, 0.3) is 0 Å². The molecule has 0 rings (SSSR count). The molecule has 0 aliphatic heterocycles. The van der Waals surface area contributed by atoms with E-state index in [1.807, 2.05) is 13.8 Å². The average molecular weight is 424 g/mol. The number of aliphatic imine (C=N–C) groups is 1. The topological polar surface area (TPSA) is 65.5 Å². The molecule has 0 bridgehead atoms. The van der Waals surface area contributed by atoms with E-state index in [9.17, 15) is 18.0 Å². The van der Waals surface area contributed by atoms with Crippen LogP contribution in [0.5, 0.6) is 0 Å². The number of nitrogens with zero attached hydrogens (tertiary/aromatic N) is 1. The Hall–Kier alpha value is -0.740. The van der Waals surface area contributed by atoms with E-state index in [0.29, 0.717) is 6.54 Å².